The molecule has 138 valence electrons. The zero-order valence-corrected chi connectivity index (χ0v) is 15.1. The predicted octanol–water partition coefficient (Wildman–Crippen LogP) is 3.81. The van der Waals surface area contributed by atoms with Crippen LogP contribution in [0.25, 0.3) is 0 Å². The summed E-state index contributed by atoms with van der Waals surface area (Å²) in [5.74, 6) is -0.406. The van der Waals surface area contributed by atoms with E-state index in [2.05, 4.69) is 22.5 Å². The Kier molecular flexibility index (Phi) is 5.01. The minimum Gasteiger partial charge on any atom is -0.349 e. The zero-order chi connectivity index (χ0) is 18.6. The monoisotopic (exact) mass is 363 g/mol. The summed E-state index contributed by atoms with van der Waals surface area (Å²) >= 11 is 0. The molecule has 1 heterocycles. The molecule has 1 aromatic heterocycles. The maximum atomic E-state index is 13.3. The Balaban J connectivity index is 1.46. The number of nitrogens with zero attached hydrogens (tertiary/aromatic N) is 2. The summed E-state index contributed by atoms with van der Waals surface area (Å²) in [6.45, 7) is 0.736. The average molecular weight is 363 g/mol. The Labute approximate surface area is 158 Å². The fraction of sp³-hybridized carbons (Fsp3) is 0.273. The fourth-order valence-electron chi connectivity index (χ4n) is 3.74. The number of hydrogen-bond acceptors (Lipinski definition) is 2. The molecule has 0 unspecified atom stereocenters. The van der Waals surface area contributed by atoms with Gasteiger partial charge in [0.05, 0.1) is 25.2 Å². The van der Waals surface area contributed by atoms with Crippen molar-refractivity contribution < 1.29 is 9.18 Å². The van der Waals surface area contributed by atoms with Crippen LogP contribution >= 0.6 is 0 Å². The van der Waals surface area contributed by atoms with Gasteiger partial charge in [0.25, 0.3) is 0 Å². The second-order valence-corrected chi connectivity index (χ2v) is 7.01. The molecule has 1 amide bonds. The molecule has 3 aromatic rings. The van der Waals surface area contributed by atoms with E-state index in [9.17, 15) is 9.18 Å². The molecular weight excluding hydrogens is 341 g/mol. The molecule has 0 spiro atoms. The summed E-state index contributed by atoms with van der Waals surface area (Å²) in [4.78, 5) is 12.4. The topological polar surface area (TPSA) is 46.9 Å². The summed E-state index contributed by atoms with van der Waals surface area (Å²) in [6.07, 6.45) is 4.95. The van der Waals surface area contributed by atoms with Crippen molar-refractivity contribution in [1.29, 1.82) is 0 Å². The minimum absolute atomic E-state index is 0.0284. The third kappa shape index (κ3) is 4.08. The van der Waals surface area contributed by atoms with Gasteiger partial charge in [-0.3, -0.25) is 9.48 Å². The van der Waals surface area contributed by atoms with Crippen LogP contribution in [0.5, 0.6) is 0 Å². The van der Waals surface area contributed by atoms with E-state index >= 15 is 0 Å². The van der Waals surface area contributed by atoms with Crippen LogP contribution in [0.4, 0.5) is 4.39 Å². The standard InChI is InChI=1S/C22H22FN3O/c23-18-9-4-8-17(12-18)13-22(27)25-20-10-5-11-21-19(20)14-24-26(21)15-16-6-2-1-3-7-16/h1-4,6-9,12,14,20H,5,10-11,13,15H2,(H,25,27)/t20-/m1/s1. The first-order chi connectivity index (χ1) is 13.2. The molecule has 0 aliphatic heterocycles. The molecule has 1 aliphatic rings. The number of aromatic nitrogens is 2. The predicted molar refractivity (Wildman–Crippen MR) is 102 cm³/mol. The number of nitrogens with one attached hydrogen (secondary N) is 1. The van der Waals surface area contributed by atoms with Crippen LogP contribution in [0.3, 0.4) is 0 Å². The lowest BCUT2D eigenvalue weighted by Gasteiger charge is -2.24. The number of amides is 1. The summed E-state index contributed by atoms with van der Waals surface area (Å²) in [5.41, 5.74) is 4.19. The Morgan fingerprint density at radius 1 is 1.15 bits per heavy atom. The number of rotatable bonds is 5. The van der Waals surface area contributed by atoms with Gasteiger partial charge in [0.15, 0.2) is 0 Å². The van der Waals surface area contributed by atoms with Crippen molar-refractivity contribution in [2.75, 3.05) is 0 Å². The van der Waals surface area contributed by atoms with Crippen molar-refractivity contribution in [3.8, 4) is 0 Å². The van der Waals surface area contributed by atoms with E-state index in [1.54, 1.807) is 12.1 Å². The fourth-order valence-corrected chi connectivity index (χ4v) is 3.74. The lowest BCUT2D eigenvalue weighted by molar-refractivity contribution is -0.121. The van der Waals surface area contributed by atoms with E-state index in [0.29, 0.717) is 5.56 Å². The van der Waals surface area contributed by atoms with Crippen LogP contribution in [0, 0.1) is 5.82 Å². The highest BCUT2D eigenvalue weighted by molar-refractivity contribution is 5.79. The molecule has 5 heteroatoms. The second kappa shape index (κ2) is 7.74. The van der Waals surface area contributed by atoms with Crippen molar-refractivity contribution in [2.24, 2.45) is 0 Å². The SMILES string of the molecule is O=C(Cc1cccc(F)c1)N[C@@H]1CCCc2c1cnn2Cc1ccccc1. The molecule has 4 nitrogen and oxygen atoms in total. The molecule has 4 rings (SSSR count). The number of hydrogen-bond donors (Lipinski definition) is 1. The highest BCUT2D eigenvalue weighted by Crippen LogP contribution is 2.30. The van der Waals surface area contributed by atoms with Crippen molar-refractivity contribution in [3.63, 3.8) is 0 Å². The highest BCUT2D eigenvalue weighted by atomic mass is 19.1. The Bertz CT molecular complexity index is 936. The Morgan fingerprint density at radius 3 is 2.78 bits per heavy atom. The van der Waals surface area contributed by atoms with Crippen molar-refractivity contribution in [3.05, 3.63) is 89.0 Å². The zero-order valence-electron chi connectivity index (χ0n) is 15.1. The third-order valence-corrected chi connectivity index (χ3v) is 5.03. The van der Waals surface area contributed by atoms with Gasteiger partial charge >= 0.3 is 0 Å². The van der Waals surface area contributed by atoms with Crippen LogP contribution in [0.1, 0.15) is 41.3 Å². The largest absolute Gasteiger partial charge is 0.349 e. The first kappa shape index (κ1) is 17.5. The smallest absolute Gasteiger partial charge is 0.224 e. The summed E-state index contributed by atoms with van der Waals surface area (Å²) in [7, 11) is 0. The molecule has 1 aliphatic carbocycles. The van der Waals surface area contributed by atoms with Crippen LogP contribution in [0.2, 0.25) is 0 Å². The molecule has 0 saturated heterocycles. The Hall–Kier alpha value is -2.95. The third-order valence-electron chi connectivity index (χ3n) is 5.03. The maximum Gasteiger partial charge on any atom is 0.224 e. The maximum absolute atomic E-state index is 13.3. The van der Waals surface area contributed by atoms with E-state index in [1.165, 1.54) is 23.4 Å². The first-order valence-electron chi connectivity index (χ1n) is 9.31. The van der Waals surface area contributed by atoms with Gasteiger partial charge in [0.1, 0.15) is 5.82 Å². The van der Waals surface area contributed by atoms with Gasteiger partial charge in [-0.25, -0.2) is 4.39 Å². The molecule has 2 aromatic carbocycles. The number of carbonyl (C=O) groups is 1. The highest BCUT2D eigenvalue weighted by Gasteiger charge is 2.25. The minimum atomic E-state index is -0.317. The van der Waals surface area contributed by atoms with Crippen molar-refractivity contribution in [2.45, 2.75) is 38.3 Å². The molecule has 1 N–H and O–H groups in total. The molecule has 0 fully saturated rings. The van der Waals surface area contributed by atoms with Gasteiger partial charge in [-0.2, -0.15) is 5.10 Å². The Morgan fingerprint density at radius 2 is 1.96 bits per heavy atom. The normalized spacial score (nSPS) is 16.0. The van der Waals surface area contributed by atoms with Crippen LogP contribution in [-0.4, -0.2) is 15.7 Å². The first-order valence-corrected chi connectivity index (χ1v) is 9.31. The quantitative estimate of drug-likeness (QED) is 0.749. The van der Waals surface area contributed by atoms with Gasteiger partial charge in [-0.15, -0.1) is 0 Å². The summed E-state index contributed by atoms with van der Waals surface area (Å²) in [6, 6.07) is 16.4. The lowest BCUT2D eigenvalue weighted by Crippen LogP contribution is -2.32. The number of benzene rings is 2. The summed E-state index contributed by atoms with van der Waals surface area (Å²) < 4.78 is 15.3. The second-order valence-electron chi connectivity index (χ2n) is 7.01. The molecule has 0 radical (unpaired) electrons. The molecular formula is C22H22FN3O. The van der Waals surface area contributed by atoms with E-state index < -0.39 is 0 Å². The van der Waals surface area contributed by atoms with Crippen LogP contribution in [-0.2, 0) is 24.2 Å². The number of carbonyl (C=O) groups excluding carboxylic acids is 1. The average Bonchev–Trinajstić information content (AvgIpc) is 3.06. The lowest BCUT2D eigenvalue weighted by atomic mass is 9.92. The van der Waals surface area contributed by atoms with E-state index in [-0.39, 0.29) is 24.2 Å². The van der Waals surface area contributed by atoms with Gasteiger partial charge in [-0.05, 0) is 42.5 Å². The van der Waals surface area contributed by atoms with Gasteiger partial charge in [0, 0.05) is 11.3 Å². The summed E-state index contributed by atoms with van der Waals surface area (Å²) in [5, 5.41) is 7.67. The van der Waals surface area contributed by atoms with Crippen LogP contribution in [0.15, 0.2) is 60.8 Å². The van der Waals surface area contributed by atoms with E-state index in [4.69, 9.17) is 0 Å². The van der Waals surface area contributed by atoms with Gasteiger partial charge in [0.2, 0.25) is 5.91 Å². The van der Waals surface area contributed by atoms with Crippen molar-refractivity contribution >= 4 is 5.91 Å². The molecule has 27 heavy (non-hydrogen) atoms. The number of fused-ring (bicyclic) bond motifs is 1. The number of halogens is 1. The van der Waals surface area contributed by atoms with Gasteiger partial charge in [-0.1, -0.05) is 42.5 Å². The molecule has 0 saturated carbocycles. The van der Waals surface area contributed by atoms with Crippen LogP contribution < -0.4 is 5.32 Å². The van der Waals surface area contributed by atoms with E-state index in [0.717, 1.165) is 31.4 Å². The van der Waals surface area contributed by atoms with Crippen molar-refractivity contribution in [1.82, 2.24) is 15.1 Å². The molecule has 1 atom stereocenters. The van der Waals surface area contributed by atoms with E-state index in [1.807, 2.05) is 29.1 Å². The molecule has 0 bridgehead atoms. The van der Waals surface area contributed by atoms with Gasteiger partial charge < -0.3 is 5.32 Å².